The molecule has 1 saturated heterocycles. The SMILES string of the molecule is C[C@@H]1CNCCN1Cc1ccc(OCC(F)(F)F)cc1.Cl. The number of nitrogens with zero attached hydrogens (tertiary/aromatic N) is 1. The Morgan fingerprint density at radius 1 is 1.29 bits per heavy atom. The van der Waals surface area contributed by atoms with Gasteiger partial charge in [0.2, 0.25) is 0 Å². The molecule has 0 aromatic heterocycles. The van der Waals surface area contributed by atoms with Crippen molar-refractivity contribution in [1.29, 1.82) is 0 Å². The highest BCUT2D eigenvalue weighted by Gasteiger charge is 2.28. The summed E-state index contributed by atoms with van der Waals surface area (Å²) in [4.78, 5) is 2.35. The molecule has 21 heavy (non-hydrogen) atoms. The van der Waals surface area contributed by atoms with Crippen LogP contribution < -0.4 is 10.1 Å². The molecule has 1 atom stereocenters. The van der Waals surface area contributed by atoms with Crippen LogP contribution in [0, 0.1) is 0 Å². The first-order chi connectivity index (χ1) is 9.44. The molecule has 1 aliphatic rings. The van der Waals surface area contributed by atoms with Gasteiger partial charge >= 0.3 is 6.18 Å². The Morgan fingerprint density at radius 2 is 1.95 bits per heavy atom. The molecular formula is C14H20ClF3N2O. The van der Waals surface area contributed by atoms with Crippen molar-refractivity contribution in [3.8, 4) is 5.75 Å². The van der Waals surface area contributed by atoms with Gasteiger partial charge in [0, 0.05) is 32.2 Å². The Balaban J connectivity index is 0.00000220. The van der Waals surface area contributed by atoms with E-state index in [-0.39, 0.29) is 18.2 Å². The number of ether oxygens (including phenoxy) is 1. The molecule has 3 nitrogen and oxygen atoms in total. The van der Waals surface area contributed by atoms with E-state index in [4.69, 9.17) is 0 Å². The van der Waals surface area contributed by atoms with E-state index >= 15 is 0 Å². The maximum atomic E-state index is 12.0. The monoisotopic (exact) mass is 324 g/mol. The fraction of sp³-hybridized carbons (Fsp3) is 0.571. The molecule has 0 radical (unpaired) electrons. The Bertz CT molecular complexity index is 425. The summed E-state index contributed by atoms with van der Waals surface area (Å²) in [5.74, 6) is 0.249. The van der Waals surface area contributed by atoms with Gasteiger partial charge in [-0.1, -0.05) is 12.1 Å². The molecule has 1 aliphatic heterocycles. The zero-order valence-electron chi connectivity index (χ0n) is 11.8. The Hall–Kier alpha value is -0.980. The van der Waals surface area contributed by atoms with Crippen LogP contribution in [0.15, 0.2) is 24.3 Å². The topological polar surface area (TPSA) is 24.5 Å². The minimum absolute atomic E-state index is 0. The Morgan fingerprint density at radius 3 is 2.52 bits per heavy atom. The fourth-order valence-corrected chi connectivity index (χ4v) is 2.21. The minimum atomic E-state index is -4.30. The van der Waals surface area contributed by atoms with Gasteiger partial charge in [-0.2, -0.15) is 13.2 Å². The highest BCUT2D eigenvalue weighted by molar-refractivity contribution is 5.85. The van der Waals surface area contributed by atoms with Crippen LogP contribution in [-0.2, 0) is 6.54 Å². The molecule has 0 amide bonds. The van der Waals surface area contributed by atoms with Gasteiger partial charge in [0.1, 0.15) is 5.75 Å². The molecular weight excluding hydrogens is 305 g/mol. The van der Waals surface area contributed by atoms with Crippen LogP contribution >= 0.6 is 12.4 Å². The third-order valence-electron chi connectivity index (χ3n) is 3.35. The van der Waals surface area contributed by atoms with Crippen LogP contribution in [-0.4, -0.2) is 43.4 Å². The summed E-state index contributed by atoms with van der Waals surface area (Å²) in [5.41, 5.74) is 1.08. The average molecular weight is 325 g/mol. The van der Waals surface area contributed by atoms with Gasteiger partial charge < -0.3 is 10.1 Å². The van der Waals surface area contributed by atoms with Gasteiger partial charge in [0.05, 0.1) is 0 Å². The maximum absolute atomic E-state index is 12.0. The lowest BCUT2D eigenvalue weighted by Gasteiger charge is -2.33. The highest BCUT2D eigenvalue weighted by atomic mass is 35.5. The molecule has 0 spiro atoms. The number of alkyl halides is 3. The van der Waals surface area contributed by atoms with Crippen molar-refractivity contribution >= 4 is 12.4 Å². The quantitative estimate of drug-likeness (QED) is 0.921. The summed E-state index contributed by atoms with van der Waals surface area (Å²) in [6, 6.07) is 7.29. The van der Waals surface area contributed by atoms with E-state index in [0.29, 0.717) is 6.04 Å². The first-order valence-electron chi connectivity index (χ1n) is 6.67. The predicted octanol–water partition coefficient (Wildman–Crippen LogP) is 2.84. The molecule has 2 rings (SSSR count). The zero-order valence-corrected chi connectivity index (χ0v) is 12.6. The van der Waals surface area contributed by atoms with Crippen LogP contribution in [0.3, 0.4) is 0 Å². The zero-order chi connectivity index (χ0) is 14.6. The summed E-state index contributed by atoms with van der Waals surface area (Å²) in [6.45, 7) is 4.63. The standard InChI is InChI=1S/C14H19F3N2O.ClH/c1-11-8-18-6-7-19(11)9-12-2-4-13(5-3-12)20-10-14(15,16)17;/h2-5,11,18H,6-10H2,1H3;1H/t11-;/m1./s1. The summed E-state index contributed by atoms with van der Waals surface area (Å²) >= 11 is 0. The number of halogens is 4. The van der Waals surface area contributed by atoms with Crippen LogP contribution in [0.5, 0.6) is 5.75 Å². The molecule has 0 saturated carbocycles. The van der Waals surface area contributed by atoms with Crippen LogP contribution in [0.2, 0.25) is 0 Å². The Labute approximate surface area is 128 Å². The lowest BCUT2D eigenvalue weighted by atomic mass is 10.1. The number of piperazine rings is 1. The highest BCUT2D eigenvalue weighted by Crippen LogP contribution is 2.19. The van der Waals surface area contributed by atoms with Crippen LogP contribution in [0.4, 0.5) is 13.2 Å². The summed E-state index contributed by atoms with van der Waals surface area (Å²) in [7, 11) is 0. The normalized spacial score (nSPS) is 19.9. The molecule has 1 N–H and O–H groups in total. The van der Waals surface area contributed by atoms with Crippen LogP contribution in [0.25, 0.3) is 0 Å². The van der Waals surface area contributed by atoms with Gasteiger partial charge in [-0.15, -0.1) is 12.4 Å². The van der Waals surface area contributed by atoms with Crippen molar-refractivity contribution in [2.75, 3.05) is 26.2 Å². The second kappa shape index (κ2) is 7.87. The van der Waals surface area contributed by atoms with Gasteiger partial charge in [-0.3, -0.25) is 4.90 Å². The molecule has 120 valence electrons. The van der Waals surface area contributed by atoms with Crippen LogP contribution in [0.1, 0.15) is 12.5 Å². The van der Waals surface area contributed by atoms with E-state index in [1.165, 1.54) is 0 Å². The number of hydrogen-bond acceptors (Lipinski definition) is 3. The van der Waals surface area contributed by atoms with Gasteiger partial charge in [-0.25, -0.2) is 0 Å². The van der Waals surface area contributed by atoms with Crippen molar-refractivity contribution in [3.05, 3.63) is 29.8 Å². The second-order valence-electron chi connectivity index (χ2n) is 5.07. The Kier molecular flexibility index (Phi) is 6.77. The van der Waals surface area contributed by atoms with Crippen molar-refractivity contribution in [2.24, 2.45) is 0 Å². The fourth-order valence-electron chi connectivity index (χ4n) is 2.21. The molecule has 0 aliphatic carbocycles. The maximum Gasteiger partial charge on any atom is 0.422 e. The largest absolute Gasteiger partial charge is 0.484 e. The molecule has 1 fully saturated rings. The number of nitrogens with one attached hydrogen (secondary N) is 1. The van der Waals surface area contributed by atoms with Crippen molar-refractivity contribution in [1.82, 2.24) is 10.2 Å². The molecule has 0 bridgehead atoms. The minimum Gasteiger partial charge on any atom is -0.484 e. The average Bonchev–Trinajstić information content (AvgIpc) is 2.40. The molecule has 7 heteroatoms. The van der Waals surface area contributed by atoms with E-state index < -0.39 is 12.8 Å². The first kappa shape index (κ1) is 18.1. The summed E-state index contributed by atoms with van der Waals surface area (Å²) in [5, 5.41) is 3.32. The molecule has 1 aromatic rings. The van der Waals surface area contributed by atoms with Crippen molar-refractivity contribution in [2.45, 2.75) is 25.7 Å². The molecule has 0 unspecified atom stereocenters. The van der Waals surface area contributed by atoms with E-state index in [9.17, 15) is 13.2 Å². The van der Waals surface area contributed by atoms with Crippen molar-refractivity contribution < 1.29 is 17.9 Å². The number of hydrogen-bond donors (Lipinski definition) is 1. The summed E-state index contributed by atoms with van der Waals surface area (Å²) < 4.78 is 40.8. The predicted molar refractivity (Wildman–Crippen MR) is 78.0 cm³/mol. The van der Waals surface area contributed by atoms with E-state index in [1.54, 1.807) is 12.1 Å². The summed E-state index contributed by atoms with van der Waals surface area (Å²) in [6.07, 6.45) is -4.30. The van der Waals surface area contributed by atoms with Gasteiger partial charge in [0.25, 0.3) is 0 Å². The smallest absolute Gasteiger partial charge is 0.422 e. The van der Waals surface area contributed by atoms with E-state index in [2.05, 4.69) is 21.9 Å². The van der Waals surface area contributed by atoms with Crippen molar-refractivity contribution in [3.63, 3.8) is 0 Å². The first-order valence-corrected chi connectivity index (χ1v) is 6.67. The lowest BCUT2D eigenvalue weighted by molar-refractivity contribution is -0.153. The van der Waals surface area contributed by atoms with E-state index in [1.807, 2.05) is 12.1 Å². The molecule has 1 heterocycles. The van der Waals surface area contributed by atoms with Gasteiger partial charge in [-0.05, 0) is 24.6 Å². The third kappa shape index (κ3) is 6.11. The molecule has 1 aromatic carbocycles. The second-order valence-corrected chi connectivity index (χ2v) is 5.07. The van der Waals surface area contributed by atoms with Gasteiger partial charge in [0.15, 0.2) is 6.61 Å². The third-order valence-corrected chi connectivity index (χ3v) is 3.35. The number of rotatable bonds is 4. The lowest BCUT2D eigenvalue weighted by Crippen LogP contribution is -2.49. The number of benzene rings is 1. The van der Waals surface area contributed by atoms with E-state index in [0.717, 1.165) is 31.7 Å².